The normalized spacial score (nSPS) is 10.6. The van der Waals surface area contributed by atoms with E-state index < -0.39 is 0 Å². The number of carbonyl (C=O) groups excluding carboxylic acids is 1. The average Bonchev–Trinajstić information content (AvgIpc) is 2.66. The molecule has 3 aromatic carbocycles. The van der Waals surface area contributed by atoms with Gasteiger partial charge in [0.1, 0.15) is 0 Å². The summed E-state index contributed by atoms with van der Waals surface area (Å²) in [7, 11) is 0. The van der Waals surface area contributed by atoms with Gasteiger partial charge in [0.05, 0.1) is 6.42 Å². The van der Waals surface area contributed by atoms with E-state index in [0.29, 0.717) is 6.42 Å². The first-order valence-electron chi connectivity index (χ1n) is 9.14. The van der Waals surface area contributed by atoms with Gasteiger partial charge in [-0.25, -0.2) is 0 Å². The zero-order valence-corrected chi connectivity index (χ0v) is 16.9. The van der Waals surface area contributed by atoms with Crippen molar-refractivity contribution in [2.75, 3.05) is 5.32 Å². The molecule has 0 radical (unpaired) electrons. The third-order valence-corrected chi connectivity index (χ3v) is 5.65. The van der Waals surface area contributed by atoms with Crippen molar-refractivity contribution in [1.82, 2.24) is 0 Å². The highest BCUT2D eigenvalue weighted by Gasteiger charge is 2.09. The van der Waals surface area contributed by atoms with Crippen molar-refractivity contribution in [3.05, 3.63) is 94.5 Å². The first kappa shape index (κ1) is 19.2. The summed E-state index contributed by atoms with van der Waals surface area (Å²) in [5.74, 6) is 0.944. The predicted octanol–water partition coefficient (Wildman–Crippen LogP) is 6.09. The van der Waals surface area contributed by atoms with Crippen LogP contribution in [0.2, 0.25) is 0 Å². The Morgan fingerprint density at radius 3 is 2.41 bits per heavy atom. The summed E-state index contributed by atoms with van der Waals surface area (Å²) in [5.41, 5.74) is 6.66. The van der Waals surface area contributed by atoms with Gasteiger partial charge in [-0.2, -0.15) is 0 Å². The SMILES string of the molecule is Cc1ccc(C)c(CC(=O)Nc2ccc(CSc3ccccc3)cc2C)c1. The molecule has 0 aliphatic rings. The van der Waals surface area contributed by atoms with Gasteiger partial charge in [-0.3, -0.25) is 4.79 Å². The summed E-state index contributed by atoms with van der Waals surface area (Å²) in [4.78, 5) is 13.7. The number of rotatable bonds is 6. The van der Waals surface area contributed by atoms with E-state index in [1.165, 1.54) is 16.0 Å². The molecule has 0 aliphatic heterocycles. The van der Waals surface area contributed by atoms with Crippen molar-refractivity contribution in [2.24, 2.45) is 0 Å². The lowest BCUT2D eigenvalue weighted by atomic mass is 10.0. The quantitative estimate of drug-likeness (QED) is 0.529. The molecule has 0 fully saturated rings. The van der Waals surface area contributed by atoms with Crippen LogP contribution in [-0.4, -0.2) is 5.91 Å². The van der Waals surface area contributed by atoms with Gasteiger partial charge in [-0.15, -0.1) is 11.8 Å². The summed E-state index contributed by atoms with van der Waals surface area (Å²) >= 11 is 1.82. The molecule has 0 saturated carbocycles. The van der Waals surface area contributed by atoms with E-state index >= 15 is 0 Å². The Labute approximate surface area is 166 Å². The first-order valence-corrected chi connectivity index (χ1v) is 10.1. The molecular formula is C24H25NOS. The van der Waals surface area contributed by atoms with Crippen molar-refractivity contribution in [3.8, 4) is 0 Å². The van der Waals surface area contributed by atoms with Crippen LogP contribution in [0.25, 0.3) is 0 Å². The maximum absolute atomic E-state index is 12.5. The summed E-state index contributed by atoms with van der Waals surface area (Å²) in [6, 6.07) is 22.9. The molecule has 1 amide bonds. The third kappa shape index (κ3) is 5.48. The number of benzene rings is 3. The Kier molecular flexibility index (Phi) is 6.36. The van der Waals surface area contributed by atoms with E-state index in [1.807, 2.05) is 37.7 Å². The molecule has 0 bridgehead atoms. The van der Waals surface area contributed by atoms with Crippen LogP contribution in [0, 0.1) is 20.8 Å². The van der Waals surface area contributed by atoms with Crippen molar-refractivity contribution in [2.45, 2.75) is 37.8 Å². The smallest absolute Gasteiger partial charge is 0.228 e. The molecule has 3 rings (SSSR count). The van der Waals surface area contributed by atoms with E-state index in [2.05, 4.69) is 66.8 Å². The highest BCUT2D eigenvalue weighted by Crippen LogP contribution is 2.25. The van der Waals surface area contributed by atoms with Crippen LogP contribution in [0.15, 0.2) is 71.6 Å². The zero-order valence-electron chi connectivity index (χ0n) is 16.1. The van der Waals surface area contributed by atoms with E-state index in [0.717, 1.165) is 28.1 Å². The van der Waals surface area contributed by atoms with Crippen LogP contribution in [0.5, 0.6) is 0 Å². The molecule has 2 nitrogen and oxygen atoms in total. The lowest BCUT2D eigenvalue weighted by Crippen LogP contribution is -2.16. The molecule has 0 unspecified atom stereocenters. The Morgan fingerprint density at radius 1 is 0.889 bits per heavy atom. The molecule has 3 heteroatoms. The van der Waals surface area contributed by atoms with E-state index in [4.69, 9.17) is 0 Å². The number of aryl methyl sites for hydroxylation is 3. The van der Waals surface area contributed by atoms with Crippen molar-refractivity contribution in [3.63, 3.8) is 0 Å². The number of anilines is 1. The van der Waals surface area contributed by atoms with Crippen molar-refractivity contribution in [1.29, 1.82) is 0 Å². The second-order valence-corrected chi connectivity index (χ2v) is 7.95. The van der Waals surface area contributed by atoms with Crippen molar-refractivity contribution >= 4 is 23.4 Å². The molecule has 0 spiro atoms. The molecule has 1 N–H and O–H groups in total. The van der Waals surface area contributed by atoms with Gasteiger partial charge < -0.3 is 5.32 Å². The first-order chi connectivity index (χ1) is 13.0. The Morgan fingerprint density at radius 2 is 1.67 bits per heavy atom. The molecular weight excluding hydrogens is 350 g/mol. The second kappa shape index (κ2) is 8.92. The van der Waals surface area contributed by atoms with Gasteiger partial charge >= 0.3 is 0 Å². The lowest BCUT2D eigenvalue weighted by molar-refractivity contribution is -0.115. The van der Waals surface area contributed by atoms with Crippen LogP contribution in [-0.2, 0) is 17.0 Å². The van der Waals surface area contributed by atoms with Crippen LogP contribution in [0.4, 0.5) is 5.69 Å². The van der Waals surface area contributed by atoms with Crippen molar-refractivity contribution < 1.29 is 4.79 Å². The predicted molar refractivity (Wildman–Crippen MR) is 115 cm³/mol. The molecule has 0 saturated heterocycles. The van der Waals surface area contributed by atoms with E-state index in [1.54, 1.807) is 0 Å². The summed E-state index contributed by atoms with van der Waals surface area (Å²) in [6.45, 7) is 6.15. The maximum Gasteiger partial charge on any atom is 0.228 e. The van der Waals surface area contributed by atoms with Crippen LogP contribution < -0.4 is 5.32 Å². The topological polar surface area (TPSA) is 29.1 Å². The Balaban J connectivity index is 1.61. The standard InChI is InChI=1S/C24H25NOS/c1-17-9-10-18(2)21(13-17)15-24(26)25-23-12-11-20(14-19(23)3)16-27-22-7-5-4-6-8-22/h4-14H,15-16H2,1-3H3,(H,25,26). The largest absolute Gasteiger partial charge is 0.326 e. The van der Waals surface area contributed by atoms with E-state index in [-0.39, 0.29) is 5.91 Å². The number of nitrogens with one attached hydrogen (secondary N) is 1. The molecule has 0 aliphatic carbocycles. The van der Waals surface area contributed by atoms with E-state index in [9.17, 15) is 4.79 Å². The Hall–Kier alpha value is -2.52. The molecule has 0 atom stereocenters. The highest BCUT2D eigenvalue weighted by molar-refractivity contribution is 7.98. The van der Waals surface area contributed by atoms with Gasteiger partial charge in [-0.1, -0.05) is 54.1 Å². The fraction of sp³-hybridized carbons (Fsp3) is 0.208. The second-order valence-electron chi connectivity index (χ2n) is 6.91. The molecule has 27 heavy (non-hydrogen) atoms. The van der Waals surface area contributed by atoms with Crippen LogP contribution >= 0.6 is 11.8 Å². The number of hydrogen-bond donors (Lipinski definition) is 1. The summed E-state index contributed by atoms with van der Waals surface area (Å²) in [5, 5.41) is 3.06. The fourth-order valence-corrected chi connectivity index (χ4v) is 3.86. The molecule has 0 aromatic heterocycles. The fourth-order valence-electron chi connectivity index (χ4n) is 3.00. The molecule has 0 heterocycles. The van der Waals surface area contributed by atoms with Gasteiger partial charge in [-0.05, 0) is 61.2 Å². The minimum absolute atomic E-state index is 0.0261. The van der Waals surface area contributed by atoms with Crippen LogP contribution in [0.3, 0.4) is 0 Å². The lowest BCUT2D eigenvalue weighted by Gasteiger charge is -2.12. The Bertz CT molecular complexity index is 934. The number of hydrogen-bond acceptors (Lipinski definition) is 2. The van der Waals surface area contributed by atoms with Gasteiger partial charge in [0, 0.05) is 16.3 Å². The maximum atomic E-state index is 12.5. The number of amides is 1. The van der Waals surface area contributed by atoms with Gasteiger partial charge in [0.2, 0.25) is 5.91 Å². The van der Waals surface area contributed by atoms with Gasteiger partial charge in [0.25, 0.3) is 0 Å². The highest BCUT2D eigenvalue weighted by atomic mass is 32.2. The number of carbonyl (C=O) groups is 1. The monoisotopic (exact) mass is 375 g/mol. The van der Waals surface area contributed by atoms with Crippen LogP contribution in [0.1, 0.15) is 27.8 Å². The summed E-state index contributed by atoms with van der Waals surface area (Å²) in [6.07, 6.45) is 0.401. The van der Waals surface area contributed by atoms with Gasteiger partial charge in [0.15, 0.2) is 0 Å². The minimum Gasteiger partial charge on any atom is -0.326 e. The number of thioether (sulfide) groups is 1. The zero-order chi connectivity index (χ0) is 19.2. The molecule has 138 valence electrons. The third-order valence-electron chi connectivity index (χ3n) is 4.57. The molecule has 3 aromatic rings. The minimum atomic E-state index is 0.0261. The average molecular weight is 376 g/mol. The summed E-state index contributed by atoms with van der Waals surface area (Å²) < 4.78 is 0.